The maximum atomic E-state index is 13.9. The van der Waals surface area contributed by atoms with Crippen molar-refractivity contribution in [3.63, 3.8) is 0 Å². The number of Topliss-reactive ketones (excluding diaryl/α,β-unsaturated/α-hetero) is 1. The smallest absolute Gasteiger partial charge is 0.471 e. The fraction of sp³-hybridized carbons (Fsp3) is 0.423. The summed E-state index contributed by atoms with van der Waals surface area (Å²) in [7, 11) is 0. The SMILES string of the molecule is CCCOc1cccc([C@@H]2[C@@H]3C(=O)CC(C)(C)CC3=Nc3ccccc3N2C(=O)C(F)(F)F)c1. The van der Waals surface area contributed by atoms with E-state index < -0.39 is 24.0 Å². The van der Waals surface area contributed by atoms with E-state index in [1.54, 1.807) is 42.5 Å². The molecule has 0 N–H and O–H groups in total. The summed E-state index contributed by atoms with van der Waals surface area (Å²) in [4.78, 5) is 31.8. The van der Waals surface area contributed by atoms with Crippen molar-refractivity contribution in [2.45, 2.75) is 52.3 Å². The molecule has 0 saturated heterocycles. The van der Waals surface area contributed by atoms with Crippen LogP contribution in [0.25, 0.3) is 0 Å². The molecule has 34 heavy (non-hydrogen) atoms. The Kier molecular flexibility index (Phi) is 6.27. The van der Waals surface area contributed by atoms with E-state index in [2.05, 4.69) is 4.99 Å². The molecule has 0 spiro atoms. The molecule has 8 heteroatoms. The first-order chi connectivity index (χ1) is 16.0. The Labute approximate surface area is 196 Å². The van der Waals surface area contributed by atoms with Gasteiger partial charge in [-0.25, -0.2) is 0 Å². The third-order valence-corrected chi connectivity index (χ3v) is 6.15. The number of para-hydroxylation sites is 2. The van der Waals surface area contributed by atoms with Gasteiger partial charge in [0.25, 0.3) is 0 Å². The number of carbonyl (C=O) groups is 2. The van der Waals surface area contributed by atoms with Gasteiger partial charge in [-0.3, -0.25) is 19.5 Å². The normalized spacial score (nSPS) is 21.8. The van der Waals surface area contributed by atoms with Crippen LogP contribution in [0.3, 0.4) is 0 Å². The Morgan fingerprint density at radius 3 is 2.59 bits per heavy atom. The zero-order valence-corrected chi connectivity index (χ0v) is 19.4. The minimum Gasteiger partial charge on any atom is -0.494 e. The van der Waals surface area contributed by atoms with Crippen molar-refractivity contribution in [2.24, 2.45) is 16.3 Å². The van der Waals surface area contributed by atoms with Crippen LogP contribution in [-0.4, -0.2) is 30.2 Å². The van der Waals surface area contributed by atoms with Crippen LogP contribution < -0.4 is 9.64 Å². The largest absolute Gasteiger partial charge is 0.494 e. The van der Waals surface area contributed by atoms with Gasteiger partial charge in [0.1, 0.15) is 11.5 Å². The van der Waals surface area contributed by atoms with Crippen LogP contribution >= 0.6 is 0 Å². The Hall–Kier alpha value is -3.16. The van der Waals surface area contributed by atoms with Crippen molar-refractivity contribution in [3.8, 4) is 5.75 Å². The highest BCUT2D eigenvalue weighted by Gasteiger charge is 2.52. The van der Waals surface area contributed by atoms with Gasteiger partial charge >= 0.3 is 12.1 Å². The molecule has 0 bridgehead atoms. The van der Waals surface area contributed by atoms with Gasteiger partial charge in [-0.2, -0.15) is 13.2 Å². The maximum absolute atomic E-state index is 13.9. The predicted octanol–water partition coefficient (Wildman–Crippen LogP) is 6.20. The van der Waals surface area contributed by atoms with Crippen LogP contribution in [0.15, 0.2) is 53.5 Å². The highest BCUT2D eigenvalue weighted by Crippen LogP contribution is 2.49. The van der Waals surface area contributed by atoms with E-state index in [0.717, 1.165) is 6.42 Å². The number of amides is 1. The van der Waals surface area contributed by atoms with E-state index in [-0.39, 0.29) is 29.0 Å². The average Bonchev–Trinajstić information content (AvgIpc) is 2.90. The second-order valence-corrected chi connectivity index (χ2v) is 9.59. The molecule has 2 aromatic carbocycles. The van der Waals surface area contributed by atoms with Gasteiger partial charge in [-0.1, -0.05) is 45.0 Å². The highest BCUT2D eigenvalue weighted by molar-refractivity contribution is 6.13. The molecule has 1 saturated carbocycles. The van der Waals surface area contributed by atoms with Gasteiger partial charge in [0.05, 0.1) is 29.9 Å². The number of anilines is 1. The number of hydrogen-bond acceptors (Lipinski definition) is 4. The summed E-state index contributed by atoms with van der Waals surface area (Å²) in [5.74, 6) is -2.78. The lowest BCUT2D eigenvalue weighted by Crippen LogP contribution is -2.50. The zero-order valence-electron chi connectivity index (χ0n) is 19.4. The van der Waals surface area contributed by atoms with Gasteiger partial charge in [0.2, 0.25) is 0 Å². The fourth-order valence-electron chi connectivity index (χ4n) is 4.84. The van der Waals surface area contributed by atoms with Crippen molar-refractivity contribution in [1.82, 2.24) is 0 Å². The van der Waals surface area contributed by atoms with E-state index in [0.29, 0.717) is 35.0 Å². The molecule has 0 radical (unpaired) electrons. The lowest BCUT2D eigenvalue weighted by Gasteiger charge is -2.41. The molecule has 1 aliphatic carbocycles. The molecule has 2 aromatic rings. The first kappa shape index (κ1) is 24.0. The third-order valence-electron chi connectivity index (χ3n) is 6.15. The monoisotopic (exact) mass is 472 g/mol. The van der Waals surface area contributed by atoms with E-state index in [1.165, 1.54) is 6.07 Å². The van der Waals surface area contributed by atoms with Gasteiger partial charge in [-0.05, 0) is 48.1 Å². The number of aliphatic imine (C=N–C) groups is 1. The molecule has 1 heterocycles. The first-order valence-corrected chi connectivity index (χ1v) is 11.3. The highest BCUT2D eigenvalue weighted by atomic mass is 19.4. The molecule has 180 valence electrons. The fourth-order valence-corrected chi connectivity index (χ4v) is 4.84. The standard InChI is InChI=1S/C26H27F3N2O3/c1-4-12-34-17-9-7-8-16(13-17)23-22-19(14-25(2,3)15-21(22)32)30-18-10-5-6-11-20(18)31(23)24(33)26(27,28)29/h5-11,13,22-23H,4,12,14-15H2,1-3H3/t22-,23+/m0/s1. The van der Waals surface area contributed by atoms with Crippen LogP contribution in [-0.2, 0) is 9.59 Å². The van der Waals surface area contributed by atoms with Crippen molar-refractivity contribution in [2.75, 3.05) is 11.5 Å². The van der Waals surface area contributed by atoms with E-state index in [9.17, 15) is 22.8 Å². The van der Waals surface area contributed by atoms with Crippen LogP contribution in [0.2, 0.25) is 0 Å². The van der Waals surface area contributed by atoms with Crippen LogP contribution in [0.5, 0.6) is 5.75 Å². The number of nitrogens with zero attached hydrogens (tertiary/aromatic N) is 2. The number of ether oxygens (including phenoxy) is 1. The van der Waals surface area contributed by atoms with Crippen molar-refractivity contribution in [1.29, 1.82) is 0 Å². The quantitative estimate of drug-likeness (QED) is 0.532. The molecular weight excluding hydrogens is 445 g/mol. The second kappa shape index (κ2) is 8.89. The molecule has 5 nitrogen and oxygen atoms in total. The molecule has 2 atom stereocenters. The first-order valence-electron chi connectivity index (χ1n) is 11.3. The average molecular weight is 473 g/mol. The summed E-state index contributed by atoms with van der Waals surface area (Å²) >= 11 is 0. The number of carbonyl (C=O) groups excluding carboxylic acids is 2. The van der Waals surface area contributed by atoms with Crippen molar-refractivity contribution in [3.05, 3.63) is 54.1 Å². The summed E-state index contributed by atoms with van der Waals surface area (Å²) in [5.41, 5.74) is 0.778. The Balaban J connectivity index is 1.96. The minimum absolute atomic E-state index is 0.0298. The summed E-state index contributed by atoms with van der Waals surface area (Å²) in [6.45, 7) is 6.26. The number of fused-ring (bicyclic) bond motifs is 2. The Morgan fingerprint density at radius 1 is 1.15 bits per heavy atom. The van der Waals surface area contributed by atoms with E-state index in [4.69, 9.17) is 4.74 Å². The van der Waals surface area contributed by atoms with Gasteiger partial charge in [-0.15, -0.1) is 0 Å². The predicted molar refractivity (Wildman–Crippen MR) is 124 cm³/mol. The Bertz CT molecular complexity index is 1140. The van der Waals surface area contributed by atoms with E-state index >= 15 is 0 Å². The molecule has 2 aliphatic rings. The molecule has 1 amide bonds. The number of hydrogen-bond donors (Lipinski definition) is 0. The van der Waals surface area contributed by atoms with Crippen molar-refractivity contribution < 1.29 is 27.5 Å². The molecule has 1 aliphatic heterocycles. The molecular formula is C26H27F3N2O3. The summed E-state index contributed by atoms with van der Waals surface area (Å²) < 4.78 is 47.4. The molecule has 0 aromatic heterocycles. The minimum atomic E-state index is -5.14. The van der Waals surface area contributed by atoms with Crippen molar-refractivity contribution >= 4 is 28.8 Å². The second-order valence-electron chi connectivity index (χ2n) is 9.59. The molecule has 1 fully saturated rings. The van der Waals surface area contributed by atoms with E-state index in [1.807, 2.05) is 20.8 Å². The molecule has 0 unspecified atom stereocenters. The zero-order chi connectivity index (χ0) is 24.7. The van der Waals surface area contributed by atoms with Gasteiger partial charge < -0.3 is 4.74 Å². The van der Waals surface area contributed by atoms with Gasteiger partial charge in [0.15, 0.2) is 0 Å². The van der Waals surface area contributed by atoms with Crippen LogP contribution in [0, 0.1) is 11.3 Å². The number of alkyl halides is 3. The lowest BCUT2D eigenvalue weighted by atomic mass is 9.68. The lowest BCUT2D eigenvalue weighted by molar-refractivity contribution is -0.171. The summed E-state index contributed by atoms with van der Waals surface area (Å²) in [5, 5.41) is 0. The van der Waals surface area contributed by atoms with Crippen LogP contribution in [0.4, 0.5) is 24.5 Å². The maximum Gasteiger partial charge on any atom is 0.471 e. The number of rotatable bonds is 4. The molecule has 4 rings (SSSR count). The summed E-state index contributed by atoms with van der Waals surface area (Å²) in [6.07, 6.45) is -3.76. The number of ketones is 1. The number of halogens is 3. The van der Waals surface area contributed by atoms with Gasteiger partial charge in [0, 0.05) is 12.1 Å². The third kappa shape index (κ3) is 4.58. The number of benzene rings is 2. The Morgan fingerprint density at radius 2 is 1.88 bits per heavy atom. The topological polar surface area (TPSA) is 59.0 Å². The summed E-state index contributed by atoms with van der Waals surface area (Å²) in [6, 6.07) is 11.7. The van der Waals surface area contributed by atoms with Crippen LogP contribution in [0.1, 0.15) is 51.6 Å².